The van der Waals surface area contributed by atoms with Gasteiger partial charge in [-0.25, -0.2) is 0 Å². The molecule has 4 heteroatoms. The number of rotatable bonds is 15. The third-order valence-corrected chi connectivity index (χ3v) is 4.15. The van der Waals surface area contributed by atoms with Crippen LogP contribution in [-0.4, -0.2) is 28.1 Å². The van der Waals surface area contributed by atoms with Crippen LogP contribution < -0.4 is 0 Å². The Morgan fingerprint density at radius 1 is 1.00 bits per heavy atom. The largest absolute Gasteiger partial charge is 0.481 e. The number of unbranched alkanes of at least 4 members (excludes halogenated alkanes) is 5. The van der Waals surface area contributed by atoms with Crippen LogP contribution in [-0.2, 0) is 9.59 Å². The van der Waals surface area contributed by atoms with Gasteiger partial charge in [-0.05, 0) is 32.6 Å². The predicted molar refractivity (Wildman–Crippen MR) is 93.4 cm³/mol. The number of ketones is 1. The van der Waals surface area contributed by atoms with Crippen LogP contribution in [0.5, 0.6) is 0 Å². The zero-order chi connectivity index (χ0) is 17.5. The fourth-order valence-corrected chi connectivity index (χ4v) is 2.61. The van der Waals surface area contributed by atoms with Gasteiger partial charge in [-0.3, -0.25) is 9.59 Å². The van der Waals surface area contributed by atoms with Gasteiger partial charge in [0.25, 0.3) is 0 Å². The summed E-state index contributed by atoms with van der Waals surface area (Å²) in [5.41, 5.74) is 0. The Morgan fingerprint density at radius 3 is 2.26 bits per heavy atom. The molecule has 2 N–H and O–H groups in total. The van der Waals surface area contributed by atoms with Crippen molar-refractivity contribution < 1.29 is 19.8 Å². The summed E-state index contributed by atoms with van der Waals surface area (Å²) in [6, 6.07) is 0. The average molecular weight is 326 g/mol. The maximum Gasteiger partial charge on any atom is 0.303 e. The van der Waals surface area contributed by atoms with Crippen LogP contribution in [0.3, 0.4) is 0 Å². The quantitative estimate of drug-likeness (QED) is 0.343. The van der Waals surface area contributed by atoms with Gasteiger partial charge in [0.1, 0.15) is 5.78 Å². The molecule has 0 fully saturated rings. The predicted octanol–water partition coefficient (Wildman–Crippen LogP) is 4.50. The monoisotopic (exact) mass is 326 g/mol. The van der Waals surface area contributed by atoms with Crippen LogP contribution in [0.4, 0.5) is 0 Å². The molecule has 0 radical (unpaired) electrons. The van der Waals surface area contributed by atoms with Crippen molar-refractivity contribution in [2.45, 2.75) is 90.6 Å². The lowest BCUT2D eigenvalue weighted by atomic mass is 9.93. The van der Waals surface area contributed by atoms with E-state index in [4.69, 9.17) is 5.11 Å². The highest BCUT2D eigenvalue weighted by atomic mass is 16.4. The van der Waals surface area contributed by atoms with E-state index in [2.05, 4.69) is 6.92 Å². The van der Waals surface area contributed by atoms with Gasteiger partial charge >= 0.3 is 5.97 Å². The number of Topliss-reactive ketones (excluding diaryl/α,β-unsaturated/α-hetero) is 1. The molecule has 0 aromatic rings. The molecule has 0 unspecified atom stereocenters. The molecule has 0 rings (SSSR count). The molecule has 0 spiro atoms. The molecular weight excluding hydrogens is 292 g/mol. The van der Waals surface area contributed by atoms with Crippen molar-refractivity contribution in [3.05, 3.63) is 12.2 Å². The second kappa shape index (κ2) is 14.4. The minimum absolute atomic E-state index is 0.0218. The second-order valence-corrected chi connectivity index (χ2v) is 6.38. The summed E-state index contributed by atoms with van der Waals surface area (Å²) >= 11 is 0. The average Bonchev–Trinajstić information content (AvgIpc) is 2.48. The number of aliphatic carboxylic acids is 1. The topological polar surface area (TPSA) is 74.6 Å². The Bertz CT molecular complexity index is 349. The standard InChI is InChI=1S/C19H34O4/c1-3-4-7-13-18(21)14-10-12-17(16(2)20)11-8-5-6-9-15-19(22)23/h10,14,17-18,21H,3-9,11-13,15H2,1-2H3,(H,22,23)/b14-10+/t17-,18+/m0/s1. The Hall–Kier alpha value is -1.16. The van der Waals surface area contributed by atoms with E-state index in [1.165, 1.54) is 0 Å². The van der Waals surface area contributed by atoms with Gasteiger partial charge in [0.15, 0.2) is 0 Å². The lowest BCUT2D eigenvalue weighted by Gasteiger charge is -2.11. The molecule has 0 saturated heterocycles. The Morgan fingerprint density at radius 2 is 1.65 bits per heavy atom. The first kappa shape index (κ1) is 21.8. The fraction of sp³-hybridized carbons (Fsp3) is 0.789. The van der Waals surface area contributed by atoms with Crippen molar-refractivity contribution in [2.75, 3.05) is 0 Å². The second-order valence-electron chi connectivity index (χ2n) is 6.38. The molecule has 0 aromatic heterocycles. The van der Waals surface area contributed by atoms with Crippen molar-refractivity contribution in [1.29, 1.82) is 0 Å². The molecule has 4 nitrogen and oxygen atoms in total. The van der Waals surface area contributed by atoms with Gasteiger partial charge in [-0.2, -0.15) is 0 Å². The first-order chi connectivity index (χ1) is 11.0. The van der Waals surface area contributed by atoms with Crippen LogP contribution >= 0.6 is 0 Å². The van der Waals surface area contributed by atoms with Crippen molar-refractivity contribution in [3.63, 3.8) is 0 Å². The molecule has 0 aromatic carbocycles. The lowest BCUT2D eigenvalue weighted by molar-refractivity contribution is -0.137. The number of aliphatic hydroxyl groups is 1. The van der Waals surface area contributed by atoms with Crippen molar-refractivity contribution in [1.82, 2.24) is 0 Å². The van der Waals surface area contributed by atoms with E-state index in [-0.39, 0.29) is 18.1 Å². The molecule has 23 heavy (non-hydrogen) atoms. The highest BCUT2D eigenvalue weighted by Gasteiger charge is 2.12. The molecular formula is C19H34O4. The normalized spacial score (nSPS) is 14.0. The molecule has 0 heterocycles. The molecule has 0 bridgehead atoms. The van der Waals surface area contributed by atoms with Crippen LogP contribution in [0.15, 0.2) is 12.2 Å². The number of hydrogen-bond donors (Lipinski definition) is 2. The van der Waals surface area contributed by atoms with Gasteiger partial charge < -0.3 is 10.2 Å². The maximum absolute atomic E-state index is 11.7. The third-order valence-electron chi connectivity index (χ3n) is 4.15. The van der Waals surface area contributed by atoms with Crippen molar-refractivity contribution in [3.8, 4) is 0 Å². The first-order valence-corrected chi connectivity index (χ1v) is 9.04. The molecule has 2 atom stereocenters. The minimum atomic E-state index is -0.741. The van der Waals surface area contributed by atoms with E-state index in [0.29, 0.717) is 12.8 Å². The highest BCUT2D eigenvalue weighted by Crippen LogP contribution is 2.17. The maximum atomic E-state index is 11.7. The molecule has 0 aliphatic rings. The summed E-state index contributed by atoms with van der Waals surface area (Å²) in [4.78, 5) is 22.1. The number of aliphatic hydroxyl groups excluding tert-OH is 1. The number of allylic oxidation sites excluding steroid dienone is 1. The van der Waals surface area contributed by atoms with E-state index in [1.807, 2.05) is 12.2 Å². The van der Waals surface area contributed by atoms with Crippen LogP contribution in [0.25, 0.3) is 0 Å². The van der Waals surface area contributed by atoms with E-state index >= 15 is 0 Å². The van der Waals surface area contributed by atoms with E-state index in [0.717, 1.165) is 51.4 Å². The third kappa shape index (κ3) is 14.2. The summed E-state index contributed by atoms with van der Waals surface area (Å²) in [5.74, 6) is -0.525. The molecule has 0 amide bonds. The SMILES string of the molecule is CCCCC[C@@H](O)/C=C/C[C@H](CCCCCCC(=O)O)C(C)=O. The Labute approximate surface area is 141 Å². The first-order valence-electron chi connectivity index (χ1n) is 9.04. The van der Waals surface area contributed by atoms with Gasteiger partial charge in [-0.15, -0.1) is 0 Å². The summed E-state index contributed by atoms with van der Waals surface area (Å²) in [6.45, 7) is 3.77. The Balaban J connectivity index is 3.89. The fourth-order valence-electron chi connectivity index (χ4n) is 2.61. The zero-order valence-corrected chi connectivity index (χ0v) is 14.8. The number of carbonyl (C=O) groups excluding carboxylic acids is 1. The number of carbonyl (C=O) groups is 2. The summed E-state index contributed by atoms with van der Waals surface area (Å²) in [6.07, 6.45) is 12.8. The summed E-state index contributed by atoms with van der Waals surface area (Å²) < 4.78 is 0. The van der Waals surface area contributed by atoms with E-state index < -0.39 is 12.1 Å². The van der Waals surface area contributed by atoms with Crippen LogP contribution in [0, 0.1) is 5.92 Å². The Kier molecular flexibility index (Phi) is 13.7. The summed E-state index contributed by atoms with van der Waals surface area (Å²) in [7, 11) is 0. The zero-order valence-electron chi connectivity index (χ0n) is 14.8. The molecule has 134 valence electrons. The minimum Gasteiger partial charge on any atom is -0.481 e. The van der Waals surface area contributed by atoms with E-state index in [1.54, 1.807) is 6.92 Å². The number of carboxylic acid groups (broad SMARTS) is 1. The van der Waals surface area contributed by atoms with E-state index in [9.17, 15) is 14.7 Å². The molecule has 0 saturated carbocycles. The molecule has 0 aliphatic heterocycles. The van der Waals surface area contributed by atoms with Gasteiger partial charge in [0.2, 0.25) is 0 Å². The van der Waals surface area contributed by atoms with Crippen LogP contribution in [0.1, 0.15) is 84.5 Å². The highest BCUT2D eigenvalue weighted by molar-refractivity contribution is 5.78. The van der Waals surface area contributed by atoms with Crippen molar-refractivity contribution >= 4 is 11.8 Å². The van der Waals surface area contributed by atoms with Crippen LogP contribution in [0.2, 0.25) is 0 Å². The summed E-state index contributed by atoms with van der Waals surface area (Å²) in [5, 5.41) is 18.4. The number of hydrogen-bond acceptors (Lipinski definition) is 3. The van der Waals surface area contributed by atoms with Gasteiger partial charge in [0, 0.05) is 12.3 Å². The molecule has 0 aliphatic carbocycles. The van der Waals surface area contributed by atoms with Gasteiger partial charge in [0.05, 0.1) is 6.10 Å². The lowest BCUT2D eigenvalue weighted by Crippen LogP contribution is -2.10. The number of carboxylic acids is 1. The van der Waals surface area contributed by atoms with Gasteiger partial charge in [-0.1, -0.05) is 57.6 Å². The smallest absolute Gasteiger partial charge is 0.303 e. The van der Waals surface area contributed by atoms with Crippen molar-refractivity contribution in [2.24, 2.45) is 5.92 Å².